The Bertz CT molecular complexity index is 1160. The number of hydrogen-bond donors (Lipinski definition) is 1. The number of rotatable bonds is 11. The van der Waals surface area contributed by atoms with Gasteiger partial charge in [0.1, 0.15) is 0 Å². The lowest BCUT2D eigenvalue weighted by Gasteiger charge is -2.26. The van der Waals surface area contributed by atoms with Gasteiger partial charge in [-0.1, -0.05) is 88.2 Å². The van der Waals surface area contributed by atoms with Gasteiger partial charge in [0.25, 0.3) is 0 Å². The Kier molecular flexibility index (Phi) is 8.58. The third-order valence-corrected chi connectivity index (χ3v) is 7.54. The Morgan fingerprint density at radius 3 is 2.56 bits per heavy atom. The van der Waals surface area contributed by atoms with Crippen LogP contribution in [0.15, 0.2) is 54.7 Å². The number of benzene rings is 2. The van der Waals surface area contributed by atoms with Crippen LogP contribution in [-0.4, -0.2) is 34.1 Å². The first-order valence-electron chi connectivity index (χ1n) is 13.1. The highest BCUT2D eigenvalue weighted by Crippen LogP contribution is 2.31. The molecule has 0 bridgehead atoms. The Morgan fingerprint density at radius 1 is 0.971 bits per heavy atom. The summed E-state index contributed by atoms with van der Waals surface area (Å²) in [5.41, 5.74) is 7.31. The van der Waals surface area contributed by atoms with Gasteiger partial charge in [0, 0.05) is 30.2 Å². The standard InChI is InChI=1S/C30H39N3S/c1-3-5-7-8-17-32-18-15-24(16-19-32)28-22-33(31)29-14-13-26(21-27(28)29)30(34)25-12-9-11-23(20-25)10-6-4-2/h9,11-15,20-22H,3-8,10,16-19,31H2,1-2H3. The number of thiocarbonyl (C=S) groups is 1. The number of unbranched alkanes of at least 4 members (excludes halogenated alkanes) is 4. The molecule has 4 rings (SSSR count). The van der Waals surface area contributed by atoms with E-state index in [4.69, 9.17) is 18.1 Å². The molecular weight excluding hydrogens is 434 g/mol. The molecule has 4 heteroatoms. The molecule has 0 amide bonds. The zero-order valence-corrected chi connectivity index (χ0v) is 21.7. The van der Waals surface area contributed by atoms with Crippen molar-refractivity contribution in [1.29, 1.82) is 0 Å². The smallest absolute Gasteiger partial charge is 0.0696 e. The Morgan fingerprint density at radius 2 is 1.79 bits per heavy atom. The van der Waals surface area contributed by atoms with E-state index in [0.717, 1.165) is 47.4 Å². The van der Waals surface area contributed by atoms with E-state index in [9.17, 15) is 0 Å². The number of aromatic nitrogens is 1. The van der Waals surface area contributed by atoms with Gasteiger partial charge in [-0.2, -0.15) is 0 Å². The van der Waals surface area contributed by atoms with Gasteiger partial charge in [-0.3, -0.25) is 9.58 Å². The summed E-state index contributed by atoms with van der Waals surface area (Å²) < 4.78 is 1.76. The van der Waals surface area contributed by atoms with Crippen LogP contribution in [0.2, 0.25) is 0 Å². The van der Waals surface area contributed by atoms with Crippen molar-refractivity contribution >= 4 is 33.6 Å². The van der Waals surface area contributed by atoms with Crippen molar-refractivity contribution in [3.8, 4) is 0 Å². The van der Waals surface area contributed by atoms with Gasteiger partial charge in [-0.15, -0.1) is 0 Å². The topological polar surface area (TPSA) is 34.2 Å². The van der Waals surface area contributed by atoms with Crippen molar-refractivity contribution in [1.82, 2.24) is 9.58 Å². The first-order chi connectivity index (χ1) is 16.6. The molecule has 2 heterocycles. The molecule has 34 heavy (non-hydrogen) atoms. The monoisotopic (exact) mass is 473 g/mol. The molecule has 2 N–H and O–H groups in total. The van der Waals surface area contributed by atoms with Crippen LogP contribution >= 0.6 is 12.2 Å². The highest BCUT2D eigenvalue weighted by Gasteiger charge is 2.18. The van der Waals surface area contributed by atoms with Crippen molar-refractivity contribution in [3.05, 3.63) is 77.0 Å². The van der Waals surface area contributed by atoms with Crippen LogP contribution in [0.3, 0.4) is 0 Å². The fourth-order valence-corrected chi connectivity index (χ4v) is 5.24. The molecule has 1 aliphatic rings. The molecule has 0 fully saturated rings. The largest absolute Gasteiger partial charge is 0.339 e. The number of aryl methyl sites for hydroxylation is 1. The molecule has 180 valence electrons. The summed E-state index contributed by atoms with van der Waals surface area (Å²) in [7, 11) is 0. The molecular formula is C30H39N3S. The van der Waals surface area contributed by atoms with Crippen LogP contribution in [0, 0.1) is 0 Å². The minimum atomic E-state index is 0.909. The zero-order valence-electron chi connectivity index (χ0n) is 20.9. The molecule has 0 unspecified atom stereocenters. The number of hydrogen-bond acceptors (Lipinski definition) is 3. The second-order valence-electron chi connectivity index (χ2n) is 9.66. The van der Waals surface area contributed by atoms with Gasteiger partial charge in [0.15, 0.2) is 0 Å². The number of fused-ring (bicyclic) bond motifs is 1. The van der Waals surface area contributed by atoms with Gasteiger partial charge < -0.3 is 5.84 Å². The summed E-state index contributed by atoms with van der Waals surface area (Å²) in [6.45, 7) is 7.86. The first-order valence-corrected chi connectivity index (χ1v) is 13.5. The van der Waals surface area contributed by atoms with E-state index in [1.54, 1.807) is 4.68 Å². The lowest BCUT2D eigenvalue weighted by atomic mass is 9.95. The zero-order chi connectivity index (χ0) is 23.9. The van der Waals surface area contributed by atoms with Gasteiger partial charge in [0.2, 0.25) is 0 Å². The fourth-order valence-electron chi connectivity index (χ4n) is 4.99. The first kappa shape index (κ1) is 24.7. The molecule has 3 nitrogen and oxygen atoms in total. The Labute approximate surface area is 210 Å². The Balaban J connectivity index is 1.54. The molecule has 0 aliphatic carbocycles. The molecule has 0 saturated heterocycles. The summed E-state index contributed by atoms with van der Waals surface area (Å²) in [5.74, 6) is 6.36. The summed E-state index contributed by atoms with van der Waals surface area (Å²) in [4.78, 5) is 3.49. The average Bonchev–Trinajstić information content (AvgIpc) is 3.21. The van der Waals surface area contributed by atoms with Crippen molar-refractivity contribution in [3.63, 3.8) is 0 Å². The van der Waals surface area contributed by atoms with Crippen molar-refractivity contribution < 1.29 is 0 Å². The third kappa shape index (κ3) is 5.79. The lowest BCUT2D eigenvalue weighted by molar-refractivity contribution is 0.294. The SMILES string of the molecule is CCCCCCN1CC=C(c2cn(N)c3ccc(C(=S)c4cccc(CCCC)c4)cc23)CC1. The maximum Gasteiger partial charge on any atom is 0.0696 e. The molecule has 1 aliphatic heterocycles. The van der Waals surface area contributed by atoms with Crippen LogP contribution in [0.25, 0.3) is 16.5 Å². The molecule has 0 atom stereocenters. The number of nitrogen functional groups attached to an aromatic ring is 1. The molecule has 0 saturated carbocycles. The summed E-state index contributed by atoms with van der Waals surface area (Å²) >= 11 is 5.94. The molecule has 2 aromatic carbocycles. The summed E-state index contributed by atoms with van der Waals surface area (Å²) in [5, 5.41) is 1.20. The van der Waals surface area contributed by atoms with E-state index in [1.165, 1.54) is 67.2 Å². The van der Waals surface area contributed by atoms with Crippen LogP contribution in [0.1, 0.15) is 81.0 Å². The molecule has 0 spiro atoms. The molecule has 1 aromatic heterocycles. The predicted molar refractivity (Wildman–Crippen MR) is 151 cm³/mol. The van der Waals surface area contributed by atoms with Crippen LogP contribution in [-0.2, 0) is 6.42 Å². The van der Waals surface area contributed by atoms with Crippen molar-refractivity contribution in [2.45, 2.75) is 65.2 Å². The van der Waals surface area contributed by atoms with E-state index in [2.05, 4.69) is 73.5 Å². The van der Waals surface area contributed by atoms with E-state index >= 15 is 0 Å². The lowest BCUT2D eigenvalue weighted by Crippen LogP contribution is -2.29. The normalized spacial score (nSPS) is 14.5. The average molecular weight is 474 g/mol. The fraction of sp³-hybridized carbons (Fsp3) is 0.433. The highest BCUT2D eigenvalue weighted by molar-refractivity contribution is 7.81. The van der Waals surface area contributed by atoms with Crippen LogP contribution in [0.5, 0.6) is 0 Å². The Hall–Kier alpha value is -2.43. The third-order valence-electron chi connectivity index (χ3n) is 7.07. The summed E-state index contributed by atoms with van der Waals surface area (Å²) in [6, 6.07) is 15.2. The highest BCUT2D eigenvalue weighted by atomic mass is 32.1. The summed E-state index contributed by atoms with van der Waals surface area (Å²) in [6.07, 6.45) is 14.4. The van der Waals surface area contributed by atoms with Gasteiger partial charge in [-0.05, 0) is 66.6 Å². The second kappa shape index (κ2) is 11.8. The van der Waals surface area contributed by atoms with E-state index < -0.39 is 0 Å². The second-order valence-corrected chi connectivity index (χ2v) is 10.1. The maximum absolute atomic E-state index is 6.36. The van der Waals surface area contributed by atoms with Gasteiger partial charge in [-0.25, -0.2) is 0 Å². The number of nitrogens with two attached hydrogens (primary N) is 1. The quantitative estimate of drug-likeness (QED) is 0.139. The molecule has 0 radical (unpaired) electrons. The molecule has 3 aromatic rings. The van der Waals surface area contributed by atoms with Gasteiger partial charge in [0.05, 0.1) is 10.4 Å². The van der Waals surface area contributed by atoms with Crippen LogP contribution < -0.4 is 5.84 Å². The van der Waals surface area contributed by atoms with E-state index in [0.29, 0.717) is 0 Å². The van der Waals surface area contributed by atoms with E-state index in [-0.39, 0.29) is 0 Å². The number of nitrogens with zero attached hydrogens (tertiary/aromatic N) is 2. The minimum absolute atomic E-state index is 0.909. The van der Waals surface area contributed by atoms with Gasteiger partial charge >= 0.3 is 0 Å². The predicted octanol–water partition coefficient (Wildman–Crippen LogP) is 7.13. The maximum atomic E-state index is 6.36. The van der Waals surface area contributed by atoms with E-state index in [1.807, 2.05) is 0 Å². The van der Waals surface area contributed by atoms with Crippen molar-refractivity contribution in [2.75, 3.05) is 25.5 Å². The van der Waals surface area contributed by atoms with Crippen LogP contribution in [0.4, 0.5) is 0 Å². The van der Waals surface area contributed by atoms with Crippen molar-refractivity contribution in [2.24, 2.45) is 0 Å². The minimum Gasteiger partial charge on any atom is -0.339 e.